The van der Waals surface area contributed by atoms with E-state index in [1.165, 1.54) is 18.3 Å². The van der Waals surface area contributed by atoms with Gasteiger partial charge in [-0.2, -0.15) is 0 Å². The summed E-state index contributed by atoms with van der Waals surface area (Å²) in [4.78, 5) is 28.2. The fourth-order valence-corrected chi connectivity index (χ4v) is 3.18. The van der Waals surface area contributed by atoms with E-state index >= 15 is 0 Å². The predicted molar refractivity (Wildman–Crippen MR) is 106 cm³/mol. The van der Waals surface area contributed by atoms with Gasteiger partial charge in [0.1, 0.15) is 5.56 Å². The van der Waals surface area contributed by atoms with Crippen molar-refractivity contribution in [2.45, 2.75) is 27.7 Å². The number of ether oxygens (including phenoxy) is 1. The van der Waals surface area contributed by atoms with Gasteiger partial charge in [0.15, 0.2) is 0 Å². The second-order valence-electron chi connectivity index (χ2n) is 6.69. The first kappa shape index (κ1) is 19.4. The van der Waals surface area contributed by atoms with Gasteiger partial charge < -0.3 is 20.0 Å². The second kappa shape index (κ2) is 7.68. The van der Waals surface area contributed by atoms with Crippen molar-refractivity contribution < 1.29 is 19.4 Å². The predicted octanol–water partition coefficient (Wildman–Crippen LogP) is 3.44. The van der Waals surface area contributed by atoms with Crippen LogP contribution in [0.15, 0.2) is 36.5 Å². The summed E-state index contributed by atoms with van der Waals surface area (Å²) in [5.74, 6) is -1.76. The lowest BCUT2D eigenvalue weighted by molar-refractivity contribution is -0.255. The van der Waals surface area contributed by atoms with Crippen molar-refractivity contribution in [2.75, 3.05) is 11.9 Å². The number of aryl methyl sites for hydroxylation is 3. The van der Waals surface area contributed by atoms with E-state index in [4.69, 9.17) is 4.74 Å². The molecule has 0 saturated carbocycles. The van der Waals surface area contributed by atoms with Crippen LogP contribution < -0.4 is 10.4 Å². The van der Waals surface area contributed by atoms with Crippen LogP contribution >= 0.6 is 0 Å². The highest BCUT2D eigenvalue weighted by Gasteiger charge is 2.19. The number of benzene rings is 2. The summed E-state index contributed by atoms with van der Waals surface area (Å²) >= 11 is 0. The van der Waals surface area contributed by atoms with Crippen molar-refractivity contribution in [3.63, 3.8) is 0 Å². The molecule has 0 aliphatic heterocycles. The zero-order chi connectivity index (χ0) is 20.4. The van der Waals surface area contributed by atoms with Gasteiger partial charge in [0.05, 0.1) is 23.8 Å². The number of pyridine rings is 1. The number of esters is 1. The maximum Gasteiger partial charge on any atom is 0.341 e. The quantitative estimate of drug-likeness (QED) is 0.685. The molecule has 28 heavy (non-hydrogen) atoms. The second-order valence-corrected chi connectivity index (χ2v) is 6.69. The molecule has 144 valence electrons. The number of fused-ring (bicyclic) bond motifs is 1. The van der Waals surface area contributed by atoms with Crippen molar-refractivity contribution in [3.8, 4) is 0 Å². The summed E-state index contributed by atoms with van der Waals surface area (Å²) in [5.41, 5.74) is 5.04. The number of carbonyl (C=O) groups is 2. The fraction of sp³-hybridized carbons (Fsp3) is 0.227. The molecule has 0 spiro atoms. The van der Waals surface area contributed by atoms with Crippen molar-refractivity contribution in [2.24, 2.45) is 0 Å². The SMILES string of the molecule is CCOC(=O)c1cnc2c(C)cc(C)cc2c1Nc1cc(C(=O)[O-])ccc1C. The summed E-state index contributed by atoms with van der Waals surface area (Å²) in [6.07, 6.45) is 1.49. The number of aromatic carboxylic acids is 1. The monoisotopic (exact) mass is 377 g/mol. The average Bonchev–Trinajstić information content (AvgIpc) is 2.63. The molecule has 0 unspecified atom stereocenters. The van der Waals surface area contributed by atoms with E-state index < -0.39 is 11.9 Å². The Balaban J connectivity index is 2.25. The van der Waals surface area contributed by atoms with E-state index in [1.807, 2.05) is 32.9 Å². The van der Waals surface area contributed by atoms with E-state index in [9.17, 15) is 14.7 Å². The molecule has 1 N–H and O–H groups in total. The number of anilines is 2. The van der Waals surface area contributed by atoms with Crippen LogP contribution in [0, 0.1) is 20.8 Å². The lowest BCUT2D eigenvalue weighted by atomic mass is 10.0. The number of nitrogens with zero attached hydrogens (tertiary/aromatic N) is 1. The van der Waals surface area contributed by atoms with Gasteiger partial charge in [-0.3, -0.25) is 4.98 Å². The highest BCUT2D eigenvalue weighted by Crippen LogP contribution is 2.33. The van der Waals surface area contributed by atoms with Crippen molar-refractivity contribution >= 4 is 34.2 Å². The smallest absolute Gasteiger partial charge is 0.341 e. The standard InChI is InChI=1S/C22H22N2O4/c1-5-28-22(27)17-11-23-19-14(4)8-12(2)9-16(19)20(17)24-18-10-15(21(25)26)7-6-13(18)3/h6-11H,5H2,1-4H3,(H,23,24)(H,25,26)/p-1. The van der Waals surface area contributed by atoms with Crippen LogP contribution in [0.1, 0.15) is 44.3 Å². The summed E-state index contributed by atoms with van der Waals surface area (Å²) in [7, 11) is 0. The first-order chi connectivity index (χ1) is 13.3. The Hall–Kier alpha value is -3.41. The van der Waals surface area contributed by atoms with E-state index in [-0.39, 0.29) is 17.7 Å². The molecule has 1 heterocycles. The molecule has 0 saturated heterocycles. The molecular weight excluding hydrogens is 356 g/mol. The van der Waals surface area contributed by atoms with Gasteiger partial charge in [0, 0.05) is 17.3 Å². The highest BCUT2D eigenvalue weighted by atomic mass is 16.5. The van der Waals surface area contributed by atoms with Gasteiger partial charge in [-0.05, 0) is 56.5 Å². The number of carboxylic acid groups (broad SMARTS) is 1. The Morgan fingerprint density at radius 2 is 1.86 bits per heavy atom. The van der Waals surface area contributed by atoms with Crippen LogP contribution in [0.5, 0.6) is 0 Å². The van der Waals surface area contributed by atoms with E-state index in [1.54, 1.807) is 13.0 Å². The molecule has 3 aromatic rings. The molecule has 0 fully saturated rings. The van der Waals surface area contributed by atoms with E-state index in [0.717, 1.165) is 27.6 Å². The van der Waals surface area contributed by atoms with E-state index in [2.05, 4.69) is 10.3 Å². The number of hydrogen-bond acceptors (Lipinski definition) is 6. The van der Waals surface area contributed by atoms with Crippen LogP contribution in [0.2, 0.25) is 0 Å². The summed E-state index contributed by atoms with van der Waals surface area (Å²) in [6, 6.07) is 8.64. The van der Waals surface area contributed by atoms with Crippen molar-refractivity contribution in [1.82, 2.24) is 4.98 Å². The van der Waals surface area contributed by atoms with Crippen molar-refractivity contribution in [1.29, 1.82) is 0 Å². The average molecular weight is 377 g/mol. The van der Waals surface area contributed by atoms with Gasteiger partial charge in [-0.15, -0.1) is 0 Å². The first-order valence-electron chi connectivity index (χ1n) is 8.98. The van der Waals surface area contributed by atoms with Gasteiger partial charge in [0.2, 0.25) is 0 Å². The third-order valence-electron chi connectivity index (χ3n) is 4.53. The molecule has 1 aromatic heterocycles. The number of carboxylic acids is 1. The lowest BCUT2D eigenvalue weighted by Crippen LogP contribution is -2.22. The molecule has 0 aliphatic carbocycles. The van der Waals surface area contributed by atoms with Gasteiger partial charge >= 0.3 is 5.97 Å². The minimum atomic E-state index is -1.26. The third kappa shape index (κ3) is 3.67. The van der Waals surface area contributed by atoms with Crippen LogP contribution in [-0.2, 0) is 4.74 Å². The number of carbonyl (C=O) groups excluding carboxylic acids is 2. The number of aromatic nitrogens is 1. The molecule has 0 aliphatic rings. The van der Waals surface area contributed by atoms with Crippen LogP contribution in [0.4, 0.5) is 11.4 Å². The molecule has 0 radical (unpaired) electrons. The third-order valence-corrected chi connectivity index (χ3v) is 4.53. The van der Waals surface area contributed by atoms with Crippen LogP contribution in [-0.4, -0.2) is 23.5 Å². The maximum atomic E-state index is 12.5. The lowest BCUT2D eigenvalue weighted by Gasteiger charge is -2.18. The first-order valence-corrected chi connectivity index (χ1v) is 8.98. The molecule has 0 atom stereocenters. The zero-order valence-electron chi connectivity index (χ0n) is 16.3. The Bertz CT molecular complexity index is 1090. The highest BCUT2D eigenvalue weighted by molar-refractivity contribution is 6.07. The molecule has 3 rings (SSSR count). The maximum absolute atomic E-state index is 12.5. The Morgan fingerprint density at radius 3 is 2.54 bits per heavy atom. The minimum absolute atomic E-state index is 0.0523. The summed E-state index contributed by atoms with van der Waals surface area (Å²) in [6.45, 7) is 7.75. The Labute approximate surface area is 163 Å². The molecule has 2 aromatic carbocycles. The topological polar surface area (TPSA) is 91.3 Å². The van der Waals surface area contributed by atoms with Gasteiger partial charge in [-0.1, -0.05) is 23.8 Å². The molecule has 0 bridgehead atoms. The minimum Gasteiger partial charge on any atom is -0.545 e. The van der Waals surface area contributed by atoms with Crippen LogP contribution in [0.3, 0.4) is 0 Å². The molecular formula is C22H21N2O4-. The molecule has 0 amide bonds. The summed E-state index contributed by atoms with van der Waals surface area (Å²) < 4.78 is 5.18. The number of nitrogens with one attached hydrogen (secondary N) is 1. The number of rotatable bonds is 5. The zero-order valence-corrected chi connectivity index (χ0v) is 16.3. The van der Waals surface area contributed by atoms with E-state index in [0.29, 0.717) is 11.4 Å². The van der Waals surface area contributed by atoms with Gasteiger partial charge in [0.25, 0.3) is 0 Å². The Kier molecular flexibility index (Phi) is 5.31. The largest absolute Gasteiger partial charge is 0.545 e. The van der Waals surface area contributed by atoms with Crippen LogP contribution in [0.25, 0.3) is 10.9 Å². The normalized spacial score (nSPS) is 10.7. The number of hydrogen-bond donors (Lipinski definition) is 1. The van der Waals surface area contributed by atoms with Crippen molar-refractivity contribution in [3.05, 3.63) is 64.3 Å². The molecule has 6 heteroatoms. The fourth-order valence-electron chi connectivity index (χ4n) is 3.18. The Morgan fingerprint density at radius 1 is 1.11 bits per heavy atom. The summed E-state index contributed by atoms with van der Waals surface area (Å²) in [5, 5.41) is 15.3. The molecule has 6 nitrogen and oxygen atoms in total. The van der Waals surface area contributed by atoms with Gasteiger partial charge in [-0.25, -0.2) is 4.79 Å².